The molecule has 2 heteroatoms. The summed E-state index contributed by atoms with van der Waals surface area (Å²) in [5.41, 5.74) is 2.05. The molecule has 0 saturated heterocycles. The van der Waals surface area contributed by atoms with Crippen LogP contribution in [0.2, 0.25) is 0 Å². The molecule has 0 radical (unpaired) electrons. The van der Waals surface area contributed by atoms with Crippen molar-refractivity contribution >= 4 is 5.78 Å². The van der Waals surface area contributed by atoms with Crippen LogP contribution in [0.1, 0.15) is 39.5 Å². The number of carbonyl (C=O) groups excluding carboxylic acids is 1. The van der Waals surface area contributed by atoms with E-state index >= 15 is 0 Å². The zero-order chi connectivity index (χ0) is 11.1. The number of hydrogen-bond donors (Lipinski definition) is 1. The molecule has 0 unspecified atom stereocenters. The van der Waals surface area contributed by atoms with Gasteiger partial charge in [-0.25, -0.2) is 0 Å². The number of hydrogen-bond acceptors (Lipinski definition) is 2. The van der Waals surface area contributed by atoms with Crippen LogP contribution in [-0.2, 0) is 4.79 Å². The smallest absolute Gasteiger partial charge is 0.165 e. The predicted octanol–water partition coefficient (Wildman–Crippen LogP) is 3.15. The van der Waals surface area contributed by atoms with Crippen molar-refractivity contribution in [3.05, 3.63) is 23.5 Å². The molecule has 0 spiro atoms. The van der Waals surface area contributed by atoms with E-state index in [0.717, 1.165) is 25.5 Å². The maximum atomic E-state index is 12.0. The third-order valence-corrected chi connectivity index (χ3v) is 3.92. The summed E-state index contributed by atoms with van der Waals surface area (Å²) in [7, 11) is 0. The highest BCUT2D eigenvalue weighted by Gasteiger charge is 2.43. The number of fused-ring (bicyclic) bond motifs is 1. The largest absolute Gasteiger partial charge is 0.515 e. The lowest BCUT2D eigenvalue weighted by molar-refractivity contribution is -0.124. The molecule has 82 valence electrons. The number of aliphatic hydroxyl groups excluding tert-OH is 1. The van der Waals surface area contributed by atoms with Gasteiger partial charge in [0.1, 0.15) is 0 Å². The van der Waals surface area contributed by atoms with Crippen LogP contribution in [0.15, 0.2) is 23.5 Å². The van der Waals surface area contributed by atoms with E-state index in [-0.39, 0.29) is 17.1 Å². The zero-order valence-corrected chi connectivity index (χ0v) is 9.42. The number of carbonyl (C=O) groups is 1. The van der Waals surface area contributed by atoms with Crippen LogP contribution in [0.3, 0.4) is 0 Å². The van der Waals surface area contributed by atoms with Crippen molar-refractivity contribution in [2.24, 2.45) is 11.3 Å². The molecule has 0 aromatic heterocycles. The monoisotopic (exact) mass is 206 g/mol. The lowest BCUT2D eigenvalue weighted by atomic mass is 9.61. The quantitative estimate of drug-likeness (QED) is 0.375. The SMILES string of the molecule is CC1=C[C@]2(C)CC/C(=C/O)C(=O)[C@@H]2CC1. The maximum Gasteiger partial charge on any atom is 0.165 e. The van der Waals surface area contributed by atoms with Crippen LogP contribution in [0.25, 0.3) is 0 Å². The predicted molar refractivity (Wildman–Crippen MR) is 59.5 cm³/mol. The molecule has 0 heterocycles. The highest BCUT2D eigenvalue weighted by molar-refractivity contribution is 5.98. The first-order valence-electron chi connectivity index (χ1n) is 5.62. The molecule has 0 aromatic rings. The van der Waals surface area contributed by atoms with E-state index in [1.807, 2.05) is 0 Å². The molecule has 1 saturated carbocycles. The number of allylic oxidation sites excluding steroid dienone is 3. The lowest BCUT2D eigenvalue weighted by Crippen LogP contribution is -2.39. The lowest BCUT2D eigenvalue weighted by Gasteiger charge is -2.42. The first-order valence-corrected chi connectivity index (χ1v) is 5.62. The van der Waals surface area contributed by atoms with Crippen LogP contribution in [0, 0.1) is 11.3 Å². The van der Waals surface area contributed by atoms with Crippen molar-refractivity contribution in [3.63, 3.8) is 0 Å². The van der Waals surface area contributed by atoms with E-state index in [1.165, 1.54) is 5.57 Å². The first-order chi connectivity index (χ1) is 7.07. The summed E-state index contributed by atoms with van der Waals surface area (Å²) in [6.45, 7) is 4.32. The molecular weight excluding hydrogens is 188 g/mol. The van der Waals surface area contributed by atoms with E-state index in [0.29, 0.717) is 12.0 Å². The normalized spacial score (nSPS) is 38.8. The summed E-state index contributed by atoms with van der Waals surface area (Å²) in [4.78, 5) is 12.0. The van der Waals surface area contributed by atoms with Crippen LogP contribution in [0.5, 0.6) is 0 Å². The topological polar surface area (TPSA) is 37.3 Å². The Morgan fingerprint density at radius 3 is 2.93 bits per heavy atom. The molecule has 2 nitrogen and oxygen atoms in total. The van der Waals surface area contributed by atoms with E-state index in [9.17, 15) is 4.79 Å². The van der Waals surface area contributed by atoms with Gasteiger partial charge in [0.15, 0.2) is 5.78 Å². The molecule has 2 aliphatic rings. The van der Waals surface area contributed by atoms with Crippen molar-refractivity contribution in [1.82, 2.24) is 0 Å². The Kier molecular flexibility index (Phi) is 2.45. The fraction of sp³-hybridized carbons (Fsp3) is 0.615. The second-order valence-corrected chi connectivity index (χ2v) is 5.11. The minimum absolute atomic E-state index is 0.0337. The van der Waals surface area contributed by atoms with Gasteiger partial charge in [0.2, 0.25) is 0 Å². The summed E-state index contributed by atoms with van der Waals surface area (Å²) < 4.78 is 0. The Bertz CT molecular complexity index is 352. The zero-order valence-electron chi connectivity index (χ0n) is 9.42. The molecule has 2 aliphatic carbocycles. The van der Waals surface area contributed by atoms with Crippen molar-refractivity contribution < 1.29 is 9.90 Å². The van der Waals surface area contributed by atoms with Crippen molar-refractivity contribution in [2.75, 3.05) is 0 Å². The Labute approximate surface area is 90.7 Å². The van der Waals surface area contributed by atoms with Gasteiger partial charge in [0, 0.05) is 11.5 Å². The third kappa shape index (κ3) is 1.62. The van der Waals surface area contributed by atoms with E-state index in [2.05, 4.69) is 19.9 Å². The third-order valence-electron chi connectivity index (χ3n) is 3.92. The Morgan fingerprint density at radius 2 is 2.27 bits per heavy atom. The van der Waals surface area contributed by atoms with E-state index < -0.39 is 0 Å². The fourth-order valence-electron chi connectivity index (χ4n) is 2.99. The van der Waals surface area contributed by atoms with Gasteiger partial charge < -0.3 is 5.11 Å². The van der Waals surface area contributed by atoms with Crippen LogP contribution in [0.4, 0.5) is 0 Å². The molecule has 0 aromatic carbocycles. The highest BCUT2D eigenvalue weighted by Crippen LogP contribution is 2.48. The number of rotatable bonds is 0. The first kappa shape index (κ1) is 10.5. The van der Waals surface area contributed by atoms with Gasteiger partial charge in [-0.05, 0) is 38.0 Å². The molecule has 2 atom stereocenters. The molecule has 0 amide bonds. The molecule has 0 aliphatic heterocycles. The van der Waals surface area contributed by atoms with Gasteiger partial charge in [-0.15, -0.1) is 0 Å². The summed E-state index contributed by atoms with van der Waals surface area (Å²) in [6.07, 6.45) is 6.93. The summed E-state index contributed by atoms with van der Waals surface area (Å²) >= 11 is 0. The van der Waals surface area contributed by atoms with Crippen LogP contribution < -0.4 is 0 Å². The Morgan fingerprint density at radius 1 is 1.53 bits per heavy atom. The average Bonchev–Trinajstić information content (AvgIpc) is 2.17. The number of Topliss-reactive ketones (excluding diaryl/α,β-unsaturated/α-hetero) is 1. The molecule has 1 N–H and O–H groups in total. The van der Waals surface area contributed by atoms with Gasteiger partial charge in [-0.3, -0.25) is 4.79 Å². The van der Waals surface area contributed by atoms with E-state index in [1.54, 1.807) is 0 Å². The summed E-state index contributed by atoms with van der Waals surface area (Å²) in [6, 6.07) is 0. The molecule has 0 bridgehead atoms. The minimum Gasteiger partial charge on any atom is -0.515 e. The van der Waals surface area contributed by atoms with Gasteiger partial charge in [0.25, 0.3) is 0 Å². The molecule has 1 fully saturated rings. The van der Waals surface area contributed by atoms with Crippen molar-refractivity contribution in [3.8, 4) is 0 Å². The van der Waals surface area contributed by atoms with Gasteiger partial charge in [0.05, 0.1) is 6.26 Å². The summed E-state index contributed by atoms with van der Waals surface area (Å²) in [5, 5.41) is 8.99. The molecule has 2 rings (SSSR count). The minimum atomic E-state index is 0.0337. The Balaban J connectivity index is 2.34. The maximum absolute atomic E-state index is 12.0. The highest BCUT2D eigenvalue weighted by atomic mass is 16.2. The summed E-state index contributed by atoms with van der Waals surface area (Å²) in [5.74, 6) is 0.253. The molecule has 15 heavy (non-hydrogen) atoms. The second kappa shape index (κ2) is 3.51. The average molecular weight is 206 g/mol. The number of ketones is 1. The standard InChI is InChI=1S/C13H18O2/c1-9-3-4-11-12(15)10(8-14)5-6-13(11,2)7-9/h7-8,11,14H,3-6H2,1-2H3/b10-8-/t11-,13-/m0/s1. The van der Waals surface area contributed by atoms with Gasteiger partial charge >= 0.3 is 0 Å². The number of aliphatic hydroxyl groups is 1. The van der Waals surface area contributed by atoms with Crippen molar-refractivity contribution in [1.29, 1.82) is 0 Å². The second-order valence-electron chi connectivity index (χ2n) is 5.11. The van der Waals surface area contributed by atoms with Crippen LogP contribution >= 0.6 is 0 Å². The van der Waals surface area contributed by atoms with Gasteiger partial charge in [-0.2, -0.15) is 0 Å². The van der Waals surface area contributed by atoms with Crippen molar-refractivity contribution in [2.45, 2.75) is 39.5 Å². The van der Waals surface area contributed by atoms with Gasteiger partial charge in [-0.1, -0.05) is 18.6 Å². The Hall–Kier alpha value is -1.05. The fourth-order valence-corrected chi connectivity index (χ4v) is 2.99. The molecular formula is C13H18O2. The van der Waals surface area contributed by atoms with E-state index in [4.69, 9.17) is 5.11 Å². The van der Waals surface area contributed by atoms with Crippen LogP contribution in [-0.4, -0.2) is 10.9 Å².